The first-order valence-electron chi connectivity index (χ1n) is 3.30. The van der Waals surface area contributed by atoms with Crippen LogP contribution >= 0.6 is 22.9 Å². The van der Waals surface area contributed by atoms with Crippen LogP contribution in [0.15, 0.2) is 17.5 Å². The summed E-state index contributed by atoms with van der Waals surface area (Å²) in [5.74, 6) is 0. The first kappa shape index (κ1) is 10.7. The lowest BCUT2D eigenvalue weighted by Crippen LogP contribution is -1.90. The van der Waals surface area contributed by atoms with E-state index in [1.807, 2.05) is 0 Å². The zero-order chi connectivity index (χ0) is 10.1. The molecule has 1 aromatic rings. The zero-order valence-corrected chi connectivity index (χ0v) is 9.08. The van der Waals surface area contributed by atoms with Gasteiger partial charge in [0.25, 0.3) is 10.1 Å². The van der Waals surface area contributed by atoms with E-state index in [0.29, 0.717) is 9.91 Å². The van der Waals surface area contributed by atoms with Crippen LogP contribution < -0.4 is 0 Å². The van der Waals surface area contributed by atoms with Crippen LogP contribution in [0.25, 0.3) is 5.57 Å². The number of allylic oxidation sites excluding steroid dienone is 1. The van der Waals surface area contributed by atoms with Gasteiger partial charge < -0.3 is 0 Å². The summed E-state index contributed by atoms with van der Waals surface area (Å²) in [4.78, 5) is 0.725. The first-order chi connectivity index (χ1) is 5.88. The fourth-order valence-corrected chi connectivity index (χ4v) is 2.47. The molecule has 6 heteroatoms. The largest absolute Gasteiger partial charge is 0.287 e. The molecular weight excluding hydrogens is 232 g/mol. The van der Waals surface area contributed by atoms with E-state index in [9.17, 15) is 8.42 Å². The average Bonchev–Trinajstić information content (AvgIpc) is 2.31. The van der Waals surface area contributed by atoms with Gasteiger partial charge in [-0.1, -0.05) is 11.6 Å². The molecule has 0 unspecified atom stereocenters. The van der Waals surface area contributed by atoms with Crippen molar-refractivity contribution in [3.05, 3.63) is 26.8 Å². The molecule has 0 aromatic carbocycles. The van der Waals surface area contributed by atoms with Crippen molar-refractivity contribution in [1.29, 1.82) is 0 Å². The third-order valence-corrected chi connectivity index (χ3v) is 3.31. The van der Waals surface area contributed by atoms with Gasteiger partial charge in [-0.3, -0.25) is 4.55 Å². The highest BCUT2D eigenvalue weighted by Gasteiger charge is 2.04. The van der Waals surface area contributed by atoms with Gasteiger partial charge in [-0.25, -0.2) is 0 Å². The van der Waals surface area contributed by atoms with Crippen LogP contribution in [0.2, 0.25) is 4.34 Å². The SMILES string of the molecule is CC(=CS(=O)(=O)O)c1ccc(Cl)s1. The van der Waals surface area contributed by atoms with Gasteiger partial charge in [0.15, 0.2) is 0 Å². The summed E-state index contributed by atoms with van der Waals surface area (Å²) in [5, 5.41) is 0.801. The fraction of sp³-hybridized carbons (Fsp3) is 0.143. The second kappa shape index (κ2) is 3.79. The van der Waals surface area contributed by atoms with Crippen LogP contribution in [-0.4, -0.2) is 13.0 Å². The summed E-state index contributed by atoms with van der Waals surface area (Å²) in [7, 11) is -4.06. The van der Waals surface area contributed by atoms with E-state index in [0.717, 1.165) is 10.3 Å². The number of rotatable bonds is 2. The van der Waals surface area contributed by atoms with Gasteiger partial charge in [-0.15, -0.1) is 11.3 Å². The molecule has 72 valence electrons. The molecule has 0 saturated carbocycles. The van der Waals surface area contributed by atoms with Crippen LogP contribution in [0.1, 0.15) is 11.8 Å². The Balaban J connectivity index is 3.05. The highest BCUT2D eigenvalue weighted by atomic mass is 35.5. The Morgan fingerprint density at radius 1 is 1.62 bits per heavy atom. The van der Waals surface area contributed by atoms with E-state index in [-0.39, 0.29) is 0 Å². The van der Waals surface area contributed by atoms with Crippen LogP contribution in [0.3, 0.4) is 0 Å². The Hall–Kier alpha value is -0.360. The standard InChI is InChI=1S/C7H7ClO3S2/c1-5(4-13(9,10)11)6-2-3-7(8)12-6/h2-4H,1H3,(H,9,10,11). The maximum absolute atomic E-state index is 10.5. The van der Waals surface area contributed by atoms with E-state index >= 15 is 0 Å². The molecule has 0 bridgehead atoms. The topological polar surface area (TPSA) is 54.4 Å². The second-order valence-corrected chi connectivity index (χ2v) is 5.40. The van der Waals surface area contributed by atoms with Gasteiger partial charge in [0, 0.05) is 4.88 Å². The highest BCUT2D eigenvalue weighted by Crippen LogP contribution is 2.27. The third kappa shape index (κ3) is 3.48. The molecule has 0 atom stereocenters. The van der Waals surface area contributed by atoms with E-state index in [1.165, 1.54) is 11.3 Å². The lowest BCUT2D eigenvalue weighted by Gasteiger charge is -1.93. The monoisotopic (exact) mass is 238 g/mol. The second-order valence-electron chi connectivity index (χ2n) is 2.42. The summed E-state index contributed by atoms with van der Waals surface area (Å²) in [5.41, 5.74) is 0.472. The normalized spacial score (nSPS) is 13.3. The molecule has 1 aromatic heterocycles. The van der Waals surface area contributed by atoms with Crippen molar-refractivity contribution in [1.82, 2.24) is 0 Å². The van der Waals surface area contributed by atoms with E-state index in [2.05, 4.69) is 0 Å². The number of hydrogen-bond acceptors (Lipinski definition) is 3. The summed E-state index contributed by atoms with van der Waals surface area (Å²) < 4.78 is 30.1. The molecule has 0 spiro atoms. The van der Waals surface area contributed by atoms with Gasteiger partial charge in [0.1, 0.15) is 0 Å². The Labute approximate surface area is 85.4 Å². The predicted octanol–water partition coefficient (Wildman–Crippen LogP) is 2.65. The maximum atomic E-state index is 10.5. The molecule has 1 N–H and O–H groups in total. The lowest BCUT2D eigenvalue weighted by molar-refractivity contribution is 0.494. The van der Waals surface area contributed by atoms with Crippen molar-refractivity contribution in [3.63, 3.8) is 0 Å². The number of thiophene rings is 1. The minimum Gasteiger partial charge on any atom is -0.282 e. The highest BCUT2D eigenvalue weighted by molar-refractivity contribution is 7.89. The fourth-order valence-electron chi connectivity index (χ4n) is 0.808. The third-order valence-electron chi connectivity index (χ3n) is 1.29. The van der Waals surface area contributed by atoms with E-state index in [1.54, 1.807) is 19.1 Å². The molecule has 1 heterocycles. The lowest BCUT2D eigenvalue weighted by atomic mass is 10.3. The summed E-state index contributed by atoms with van der Waals surface area (Å²) in [6.45, 7) is 1.59. The first-order valence-corrected chi connectivity index (χ1v) is 6.00. The van der Waals surface area contributed by atoms with Crippen LogP contribution in [0, 0.1) is 0 Å². The van der Waals surface area contributed by atoms with E-state index < -0.39 is 10.1 Å². The maximum Gasteiger partial charge on any atom is 0.287 e. The van der Waals surface area contributed by atoms with Crippen molar-refractivity contribution in [2.75, 3.05) is 0 Å². The average molecular weight is 239 g/mol. The zero-order valence-electron chi connectivity index (χ0n) is 6.69. The molecule has 1 rings (SSSR count). The van der Waals surface area contributed by atoms with Crippen molar-refractivity contribution in [3.8, 4) is 0 Å². The van der Waals surface area contributed by atoms with Gasteiger partial charge in [-0.2, -0.15) is 8.42 Å². The molecule has 0 amide bonds. The Morgan fingerprint density at radius 3 is 2.62 bits per heavy atom. The molecule has 0 aliphatic rings. The van der Waals surface area contributed by atoms with E-state index in [4.69, 9.17) is 16.2 Å². The summed E-state index contributed by atoms with van der Waals surface area (Å²) >= 11 is 6.91. The molecule has 0 fully saturated rings. The van der Waals surface area contributed by atoms with Gasteiger partial charge in [-0.05, 0) is 24.6 Å². The smallest absolute Gasteiger partial charge is 0.282 e. The minimum absolute atomic E-state index is 0.472. The van der Waals surface area contributed by atoms with Crippen LogP contribution in [0.5, 0.6) is 0 Å². The quantitative estimate of drug-likeness (QED) is 0.806. The van der Waals surface area contributed by atoms with Gasteiger partial charge in [0.05, 0.1) is 9.74 Å². The van der Waals surface area contributed by atoms with Crippen LogP contribution in [0.4, 0.5) is 0 Å². The molecule has 0 aliphatic heterocycles. The van der Waals surface area contributed by atoms with Crippen molar-refractivity contribution in [2.45, 2.75) is 6.92 Å². The van der Waals surface area contributed by atoms with Crippen molar-refractivity contribution < 1.29 is 13.0 Å². The molecular formula is C7H7ClO3S2. The Morgan fingerprint density at radius 2 is 2.23 bits per heavy atom. The van der Waals surface area contributed by atoms with Gasteiger partial charge >= 0.3 is 0 Å². The predicted molar refractivity (Wildman–Crippen MR) is 54.5 cm³/mol. The van der Waals surface area contributed by atoms with Gasteiger partial charge in [0.2, 0.25) is 0 Å². The van der Waals surface area contributed by atoms with Crippen molar-refractivity contribution in [2.24, 2.45) is 0 Å². The molecule has 0 saturated heterocycles. The molecule has 0 radical (unpaired) electrons. The van der Waals surface area contributed by atoms with Crippen LogP contribution in [-0.2, 0) is 10.1 Å². The Bertz CT molecular complexity index is 430. The summed E-state index contributed by atoms with van der Waals surface area (Å²) in [6, 6.07) is 3.37. The summed E-state index contributed by atoms with van der Waals surface area (Å²) in [6.07, 6.45) is 0. The number of halogens is 1. The molecule has 13 heavy (non-hydrogen) atoms. The number of hydrogen-bond donors (Lipinski definition) is 1. The molecule has 3 nitrogen and oxygen atoms in total. The van der Waals surface area contributed by atoms with Crippen molar-refractivity contribution >= 4 is 38.6 Å². The minimum atomic E-state index is -4.06. The Kier molecular flexibility index (Phi) is 3.13. The molecule has 0 aliphatic carbocycles.